The van der Waals surface area contributed by atoms with Gasteiger partial charge in [-0.3, -0.25) is 0 Å². The minimum absolute atomic E-state index is 0.753. The molecule has 90 valence electrons. The van der Waals surface area contributed by atoms with Gasteiger partial charge in [0.2, 0.25) is 0 Å². The van der Waals surface area contributed by atoms with Gasteiger partial charge in [-0.25, -0.2) is 4.98 Å². The summed E-state index contributed by atoms with van der Waals surface area (Å²) in [6.45, 7) is 2.06. The van der Waals surface area contributed by atoms with Crippen LogP contribution in [0.2, 0.25) is 0 Å². The third-order valence-electron chi connectivity index (χ3n) is 2.47. The minimum atomic E-state index is 0.753. The van der Waals surface area contributed by atoms with Gasteiger partial charge in [0.1, 0.15) is 17.7 Å². The fraction of sp³-hybridized carbons (Fsp3) is 0.0769. The molecule has 0 atom stereocenters. The largest absolute Gasteiger partial charge is 0.364 e. The highest BCUT2D eigenvalue weighted by molar-refractivity contribution is 7.14. The Kier molecular flexibility index (Phi) is 2.82. The van der Waals surface area contributed by atoms with Crippen molar-refractivity contribution in [3.05, 3.63) is 47.5 Å². The zero-order valence-electron chi connectivity index (χ0n) is 9.75. The highest BCUT2D eigenvalue weighted by atomic mass is 32.1. The van der Waals surface area contributed by atoms with Crippen molar-refractivity contribution in [2.45, 2.75) is 6.92 Å². The third-order valence-corrected chi connectivity index (χ3v) is 3.23. The van der Waals surface area contributed by atoms with Crippen LogP contribution in [0.5, 0.6) is 0 Å². The van der Waals surface area contributed by atoms with Gasteiger partial charge in [-0.2, -0.15) is 0 Å². The Hall–Kier alpha value is -2.14. The molecule has 0 radical (unpaired) electrons. The van der Waals surface area contributed by atoms with Crippen molar-refractivity contribution in [2.24, 2.45) is 0 Å². The summed E-state index contributed by atoms with van der Waals surface area (Å²) in [5.74, 6) is 0. The SMILES string of the molecule is Cc1cccc(Nc2nc(-c3ccon3)cs2)c1. The average Bonchev–Trinajstić information content (AvgIpc) is 2.98. The van der Waals surface area contributed by atoms with Gasteiger partial charge < -0.3 is 9.84 Å². The van der Waals surface area contributed by atoms with E-state index in [1.165, 1.54) is 5.56 Å². The molecule has 2 aromatic heterocycles. The first kappa shape index (κ1) is 11.0. The van der Waals surface area contributed by atoms with Gasteiger partial charge >= 0.3 is 0 Å². The number of nitrogens with zero attached hydrogens (tertiary/aromatic N) is 2. The summed E-state index contributed by atoms with van der Waals surface area (Å²) < 4.78 is 4.81. The molecule has 0 fully saturated rings. The Labute approximate surface area is 108 Å². The number of benzene rings is 1. The molecule has 1 N–H and O–H groups in total. The van der Waals surface area contributed by atoms with Crippen LogP contribution in [0.1, 0.15) is 5.56 Å². The molecule has 0 spiro atoms. The molecule has 0 aliphatic carbocycles. The molecule has 3 aromatic rings. The van der Waals surface area contributed by atoms with Gasteiger partial charge in [-0.1, -0.05) is 17.3 Å². The molecule has 0 bridgehead atoms. The molecule has 5 heteroatoms. The van der Waals surface area contributed by atoms with E-state index in [2.05, 4.69) is 34.5 Å². The molecule has 0 aliphatic rings. The van der Waals surface area contributed by atoms with Gasteiger partial charge in [-0.15, -0.1) is 11.3 Å². The van der Waals surface area contributed by atoms with Crippen LogP contribution in [-0.2, 0) is 0 Å². The van der Waals surface area contributed by atoms with Crippen molar-refractivity contribution in [3.8, 4) is 11.4 Å². The molecule has 3 rings (SSSR count). The van der Waals surface area contributed by atoms with Gasteiger partial charge in [0, 0.05) is 17.1 Å². The average molecular weight is 257 g/mol. The van der Waals surface area contributed by atoms with E-state index in [4.69, 9.17) is 4.52 Å². The third kappa shape index (κ3) is 2.26. The maximum Gasteiger partial charge on any atom is 0.187 e. The molecular formula is C13H11N3OS. The molecule has 0 unspecified atom stereocenters. The van der Waals surface area contributed by atoms with Crippen LogP contribution >= 0.6 is 11.3 Å². The Bertz CT molecular complexity index is 646. The topological polar surface area (TPSA) is 51.0 Å². The number of aromatic nitrogens is 2. The van der Waals surface area contributed by atoms with Crippen LogP contribution in [0.3, 0.4) is 0 Å². The van der Waals surface area contributed by atoms with E-state index >= 15 is 0 Å². The maximum atomic E-state index is 4.81. The van der Waals surface area contributed by atoms with E-state index < -0.39 is 0 Å². The highest BCUT2D eigenvalue weighted by Crippen LogP contribution is 2.26. The normalized spacial score (nSPS) is 10.5. The van der Waals surface area contributed by atoms with E-state index in [1.54, 1.807) is 23.7 Å². The number of aryl methyl sites for hydroxylation is 1. The first-order valence-corrected chi connectivity index (χ1v) is 6.39. The lowest BCUT2D eigenvalue weighted by Gasteiger charge is -2.02. The molecule has 18 heavy (non-hydrogen) atoms. The molecule has 0 saturated heterocycles. The van der Waals surface area contributed by atoms with Gasteiger partial charge in [0.25, 0.3) is 0 Å². The van der Waals surface area contributed by atoms with E-state index in [0.29, 0.717) is 0 Å². The molecule has 4 nitrogen and oxygen atoms in total. The zero-order valence-corrected chi connectivity index (χ0v) is 10.6. The first-order chi connectivity index (χ1) is 8.81. The molecule has 0 amide bonds. The summed E-state index contributed by atoms with van der Waals surface area (Å²) in [5.41, 5.74) is 3.83. The Morgan fingerprint density at radius 3 is 2.94 bits per heavy atom. The maximum absolute atomic E-state index is 4.81. The van der Waals surface area contributed by atoms with Gasteiger partial charge in [0.15, 0.2) is 5.13 Å². The number of nitrogens with one attached hydrogen (secondary N) is 1. The molecule has 2 heterocycles. The van der Waals surface area contributed by atoms with E-state index in [0.717, 1.165) is 22.2 Å². The summed E-state index contributed by atoms with van der Waals surface area (Å²) in [4.78, 5) is 4.46. The minimum Gasteiger partial charge on any atom is -0.364 e. The van der Waals surface area contributed by atoms with Crippen molar-refractivity contribution in [3.63, 3.8) is 0 Å². The quantitative estimate of drug-likeness (QED) is 0.774. The smallest absolute Gasteiger partial charge is 0.187 e. The molecule has 0 saturated carbocycles. The summed E-state index contributed by atoms with van der Waals surface area (Å²) in [5, 5.41) is 9.94. The molecular weight excluding hydrogens is 246 g/mol. The second-order valence-electron chi connectivity index (χ2n) is 3.92. The number of hydrogen-bond acceptors (Lipinski definition) is 5. The van der Waals surface area contributed by atoms with E-state index in [1.807, 2.05) is 17.5 Å². The summed E-state index contributed by atoms with van der Waals surface area (Å²) in [7, 11) is 0. The Morgan fingerprint density at radius 1 is 1.22 bits per heavy atom. The van der Waals surface area contributed by atoms with Crippen LogP contribution < -0.4 is 5.32 Å². The standard InChI is InChI=1S/C13H11N3OS/c1-9-3-2-4-10(7-9)14-13-15-12(8-18-13)11-5-6-17-16-11/h2-8H,1H3,(H,14,15). The van der Waals surface area contributed by atoms with Gasteiger partial charge in [0.05, 0.1) is 0 Å². The number of thiazole rings is 1. The summed E-state index contributed by atoms with van der Waals surface area (Å²) in [6.07, 6.45) is 1.54. The fourth-order valence-corrected chi connectivity index (χ4v) is 2.36. The second-order valence-corrected chi connectivity index (χ2v) is 4.78. The van der Waals surface area contributed by atoms with Crippen LogP contribution in [-0.4, -0.2) is 10.1 Å². The van der Waals surface area contributed by atoms with E-state index in [-0.39, 0.29) is 0 Å². The Morgan fingerprint density at radius 2 is 2.17 bits per heavy atom. The Balaban J connectivity index is 1.82. The lowest BCUT2D eigenvalue weighted by molar-refractivity contribution is 0.422. The van der Waals surface area contributed by atoms with Crippen LogP contribution in [0.4, 0.5) is 10.8 Å². The monoisotopic (exact) mass is 257 g/mol. The second kappa shape index (κ2) is 4.62. The molecule has 1 aromatic carbocycles. The van der Waals surface area contributed by atoms with Crippen molar-refractivity contribution in [1.29, 1.82) is 0 Å². The van der Waals surface area contributed by atoms with Crippen molar-refractivity contribution >= 4 is 22.2 Å². The van der Waals surface area contributed by atoms with Crippen LogP contribution in [0, 0.1) is 6.92 Å². The van der Waals surface area contributed by atoms with E-state index in [9.17, 15) is 0 Å². The lowest BCUT2D eigenvalue weighted by atomic mass is 10.2. The lowest BCUT2D eigenvalue weighted by Crippen LogP contribution is -1.89. The summed E-state index contributed by atoms with van der Waals surface area (Å²) in [6, 6.07) is 9.98. The number of anilines is 2. The number of hydrogen-bond donors (Lipinski definition) is 1. The van der Waals surface area contributed by atoms with Crippen molar-refractivity contribution in [2.75, 3.05) is 5.32 Å². The predicted molar refractivity (Wildman–Crippen MR) is 72.1 cm³/mol. The highest BCUT2D eigenvalue weighted by Gasteiger charge is 2.07. The van der Waals surface area contributed by atoms with Crippen LogP contribution in [0.25, 0.3) is 11.4 Å². The first-order valence-electron chi connectivity index (χ1n) is 5.51. The number of rotatable bonds is 3. The fourth-order valence-electron chi connectivity index (χ4n) is 1.64. The molecule has 0 aliphatic heterocycles. The van der Waals surface area contributed by atoms with Crippen molar-refractivity contribution in [1.82, 2.24) is 10.1 Å². The van der Waals surface area contributed by atoms with Gasteiger partial charge in [-0.05, 0) is 24.6 Å². The summed E-state index contributed by atoms with van der Waals surface area (Å²) >= 11 is 1.54. The van der Waals surface area contributed by atoms with Crippen molar-refractivity contribution < 1.29 is 4.52 Å². The van der Waals surface area contributed by atoms with Crippen LogP contribution in [0.15, 0.2) is 46.5 Å². The zero-order chi connectivity index (χ0) is 12.4. The predicted octanol–water partition coefficient (Wildman–Crippen LogP) is 3.85.